The number of hydrogen-bond donors (Lipinski definition) is 1. The summed E-state index contributed by atoms with van der Waals surface area (Å²) in [5.41, 5.74) is 10.2. The van der Waals surface area contributed by atoms with Crippen LogP contribution in [0.5, 0.6) is 0 Å². The highest BCUT2D eigenvalue weighted by molar-refractivity contribution is 6.29. The lowest BCUT2D eigenvalue weighted by atomic mass is 9.79. The van der Waals surface area contributed by atoms with Crippen LogP contribution in [-0.2, 0) is 20.8 Å². The molecule has 4 rings (SSSR count). The van der Waals surface area contributed by atoms with E-state index < -0.39 is 0 Å². The van der Waals surface area contributed by atoms with E-state index in [4.69, 9.17) is 21.2 Å². The normalized spacial score (nSPS) is 15.6. The van der Waals surface area contributed by atoms with Crippen LogP contribution in [0, 0.1) is 19.8 Å². The molecule has 5 heteroatoms. The Morgan fingerprint density at radius 2 is 1.61 bits per heavy atom. The minimum absolute atomic E-state index is 0.0265. The molecule has 2 aromatic rings. The molecule has 2 aromatic carbocycles. The maximum absolute atomic E-state index is 12.0. The highest BCUT2D eigenvalue weighted by Gasteiger charge is 2.30. The summed E-state index contributed by atoms with van der Waals surface area (Å²) in [5.74, 6) is 0.437. The highest BCUT2D eigenvalue weighted by atomic mass is 35.5. The van der Waals surface area contributed by atoms with Gasteiger partial charge in [-0.15, -0.1) is 11.6 Å². The Morgan fingerprint density at radius 1 is 1.00 bits per heavy atom. The number of allylic oxidation sites excluding steroid dienone is 2. The van der Waals surface area contributed by atoms with Crippen LogP contribution in [-0.4, -0.2) is 17.9 Å². The summed E-state index contributed by atoms with van der Waals surface area (Å²) in [6.07, 6.45) is 7.69. The third kappa shape index (κ3) is 5.33. The number of carbonyl (C=O) groups excluding carboxylic acids is 3. The Kier molecular flexibility index (Phi) is 7.84. The molecule has 2 aliphatic carbocycles. The van der Waals surface area contributed by atoms with Crippen molar-refractivity contribution in [3.05, 3.63) is 64.2 Å². The number of alkyl halides is 1. The summed E-state index contributed by atoms with van der Waals surface area (Å²) in [6, 6.07) is 13.3. The van der Waals surface area contributed by atoms with Gasteiger partial charge in [0.25, 0.3) is 0 Å². The number of benzene rings is 2. The van der Waals surface area contributed by atoms with E-state index in [0.717, 1.165) is 23.2 Å². The highest BCUT2D eigenvalue weighted by Crippen LogP contribution is 2.48. The van der Waals surface area contributed by atoms with E-state index in [-0.39, 0.29) is 17.9 Å². The molecule has 0 heterocycles. The van der Waals surface area contributed by atoms with Crippen molar-refractivity contribution >= 4 is 40.5 Å². The zero-order valence-electron chi connectivity index (χ0n) is 18.1. The first kappa shape index (κ1) is 23.0. The molecule has 31 heavy (non-hydrogen) atoms. The second kappa shape index (κ2) is 10.6. The molecule has 0 radical (unpaired) electrons. The van der Waals surface area contributed by atoms with Crippen molar-refractivity contribution in [1.82, 2.24) is 0 Å². The quantitative estimate of drug-likeness (QED) is 0.601. The summed E-state index contributed by atoms with van der Waals surface area (Å²) in [5, 5.41) is 3.03. The predicted octanol–water partition coefficient (Wildman–Crippen LogP) is 5.94. The fourth-order valence-corrected chi connectivity index (χ4v) is 4.95. The lowest BCUT2D eigenvalue weighted by Gasteiger charge is -2.26. The van der Waals surface area contributed by atoms with E-state index in [1.54, 1.807) is 0 Å². The first-order chi connectivity index (χ1) is 15.0. The Balaban J connectivity index is 0.000000858. The van der Waals surface area contributed by atoms with Crippen molar-refractivity contribution in [2.75, 3.05) is 11.2 Å². The predicted molar refractivity (Wildman–Crippen MR) is 124 cm³/mol. The van der Waals surface area contributed by atoms with E-state index >= 15 is 0 Å². The van der Waals surface area contributed by atoms with Gasteiger partial charge in [0.1, 0.15) is 5.88 Å². The Morgan fingerprint density at radius 3 is 2.26 bits per heavy atom. The number of carbonyl (C=O) groups is 1. The number of halogens is 1. The summed E-state index contributed by atoms with van der Waals surface area (Å²) >= 11 is 5.77. The first-order valence-corrected chi connectivity index (χ1v) is 11.3. The fourth-order valence-electron chi connectivity index (χ4n) is 4.89. The number of amides is 1. The Hall–Kier alpha value is -2.68. The molecule has 1 fully saturated rings. The van der Waals surface area contributed by atoms with Gasteiger partial charge in [0.2, 0.25) is 5.91 Å². The van der Waals surface area contributed by atoms with Gasteiger partial charge in [-0.05, 0) is 72.9 Å². The van der Waals surface area contributed by atoms with Gasteiger partial charge in [-0.1, -0.05) is 55.2 Å². The molecule has 0 spiro atoms. The average molecular weight is 438 g/mol. The second-order valence-corrected chi connectivity index (χ2v) is 8.65. The maximum atomic E-state index is 12.0. The van der Waals surface area contributed by atoms with Crippen LogP contribution in [0.25, 0.3) is 11.1 Å². The smallest absolute Gasteiger partial charge is 0.324 e. The van der Waals surface area contributed by atoms with Gasteiger partial charge < -0.3 is 5.32 Å². The third-order valence-corrected chi connectivity index (χ3v) is 6.40. The van der Waals surface area contributed by atoms with E-state index in [2.05, 4.69) is 55.6 Å². The fraction of sp³-hybridized carbons (Fsp3) is 0.385. The van der Waals surface area contributed by atoms with Gasteiger partial charge in [-0.25, -0.2) is 0 Å². The molecule has 0 aromatic heterocycles. The van der Waals surface area contributed by atoms with Crippen molar-refractivity contribution in [1.29, 1.82) is 0 Å². The zero-order chi connectivity index (χ0) is 22.4. The monoisotopic (exact) mass is 437 g/mol. The SMILES string of the molecule is Cc1ccc2c(c1)CC(c1ccc(C)cc1NC(=O)CCl)=C2C1CCCCC1.O=C=O. The summed E-state index contributed by atoms with van der Waals surface area (Å²) < 4.78 is 0. The number of rotatable bonds is 4. The van der Waals surface area contributed by atoms with Gasteiger partial charge in [0.15, 0.2) is 0 Å². The van der Waals surface area contributed by atoms with Crippen LogP contribution in [0.3, 0.4) is 0 Å². The molecule has 0 saturated heterocycles. The minimum atomic E-state index is -0.153. The van der Waals surface area contributed by atoms with Crippen molar-refractivity contribution in [2.45, 2.75) is 52.4 Å². The Labute approximate surface area is 188 Å². The molecule has 2 aliphatic rings. The first-order valence-electron chi connectivity index (χ1n) is 10.8. The van der Waals surface area contributed by atoms with Crippen molar-refractivity contribution < 1.29 is 14.4 Å². The molecule has 0 bridgehead atoms. The van der Waals surface area contributed by atoms with Gasteiger partial charge in [-0.3, -0.25) is 4.79 Å². The molecular formula is C26H28ClNO3. The summed E-state index contributed by atoms with van der Waals surface area (Å²) in [4.78, 5) is 28.3. The molecule has 4 nitrogen and oxygen atoms in total. The van der Waals surface area contributed by atoms with Gasteiger partial charge in [0.05, 0.1) is 0 Å². The lowest BCUT2D eigenvalue weighted by Crippen LogP contribution is -2.14. The maximum Gasteiger partial charge on any atom is 0.373 e. The lowest BCUT2D eigenvalue weighted by molar-refractivity contribution is -0.191. The summed E-state index contributed by atoms with van der Waals surface area (Å²) in [7, 11) is 0. The number of nitrogens with one attached hydrogen (secondary N) is 1. The molecule has 0 aliphatic heterocycles. The van der Waals surface area contributed by atoms with E-state index in [9.17, 15) is 4.79 Å². The minimum Gasteiger partial charge on any atom is -0.324 e. The van der Waals surface area contributed by atoms with Gasteiger partial charge in [-0.2, -0.15) is 9.59 Å². The molecule has 1 amide bonds. The summed E-state index contributed by atoms with van der Waals surface area (Å²) in [6.45, 7) is 4.22. The molecule has 0 atom stereocenters. The standard InChI is InChI=1S/C25H28ClNO.CO2/c1-16-8-10-20-19(12-16)14-22(25(20)18-6-4-3-5-7-18)21-11-9-17(2)13-23(21)27-24(28)15-26;2-1-3/h8-13,18H,3-7,14-15H2,1-2H3,(H,27,28);. The van der Waals surface area contributed by atoms with Gasteiger partial charge in [0, 0.05) is 11.3 Å². The van der Waals surface area contributed by atoms with Crippen LogP contribution in [0.1, 0.15) is 59.9 Å². The molecule has 0 unspecified atom stereocenters. The molecule has 1 saturated carbocycles. The van der Waals surface area contributed by atoms with E-state index in [1.165, 1.54) is 59.9 Å². The van der Waals surface area contributed by atoms with Crippen molar-refractivity contribution in [3.63, 3.8) is 0 Å². The van der Waals surface area contributed by atoms with Crippen molar-refractivity contribution in [3.8, 4) is 0 Å². The average Bonchev–Trinajstić information content (AvgIpc) is 3.13. The van der Waals surface area contributed by atoms with Crippen LogP contribution in [0.15, 0.2) is 36.4 Å². The molecule has 1 N–H and O–H groups in total. The van der Waals surface area contributed by atoms with Crippen LogP contribution >= 0.6 is 11.6 Å². The number of anilines is 1. The number of aryl methyl sites for hydroxylation is 2. The zero-order valence-corrected chi connectivity index (χ0v) is 18.8. The molecule has 162 valence electrons. The second-order valence-electron chi connectivity index (χ2n) is 8.38. The van der Waals surface area contributed by atoms with Gasteiger partial charge >= 0.3 is 6.15 Å². The molecular weight excluding hydrogens is 410 g/mol. The van der Waals surface area contributed by atoms with E-state index in [1.807, 2.05) is 0 Å². The van der Waals surface area contributed by atoms with E-state index in [0.29, 0.717) is 5.92 Å². The van der Waals surface area contributed by atoms with Crippen molar-refractivity contribution in [2.24, 2.45) is 5.92 Å². The largest absolute Gasteiger partial charge is 0.373 e. The topological polar surface area (TPSA) is 63.2 Å². The number of hydrogen-bond acceptors (Lipinski definition) is 3. The number of fused-ring (bicyclic) bond motifs is 1. The van der Waals surface area contributed by atoms with Crippen LogP contribution < -0.4 is 5.32 Å². The third-order valence-electron chi connectivity index (χ3n) is 6.15. The van der Waals surface area contributed by atoms with Crippen LogP contribution in [0.2, 0.25) is 0 Å². The van der Waals surface area contributed by atoms with Crippen LogP contribution in [0.4, 0.5) is 5.69 Å². The Bertz CT molecular complexity index is 1030.